The molecule has 0 fully saturated rings. The van der Waals surface area contributed by atoms with Crippen LogP contribution in [0.5, 0.6) is 11.5 Å². The minimum absolute atomic E-state index is 0.134. The first-order chi connectivity index (χ1) is 10.3. The average molecular weight is 348 g/mol. The van der Waals surface area contributed by atoms with E-state index in [0.29, 0.717) is 11.5 Å². The van der Waals surface area contributed by atoms with Crippen molar-refractivity contribution in [3.05, 3.63) is 10.8 Å². The van der Waals surface area contributed by atoms with Gasteiger partial charge in [0.2, 0.25) is 0 Å². The highest BCUT2D eigenvalue weighted by Crippen LogP contribution is 2.35. The summed E-state index contributed by atoms with van der Waals surface area (Å²) >= 11 is 1.45. The summed E-state index contributed by atoms with van der Waals surface area (Å²) in [5, 5.41) is 3.59. The molecule has 0 radical (unpaired) electrons. The predicted molar refractivity (Wildman–Crippen MR) is 68.0 cm³/mol. The second kappa shape index (κ2) is 8.76. The molecule has 1 aromatic heterocycles. The van der Waals surface area contributed by atoms with Crippen LogP contribution in [0.2, 0.25) is 0 Å². The van der Waals surface area contributed by atoms with Crippen molar-refractivity contribution >= 4 is 17.6 Å². The smallest absolute Gasteiger partial charge is 0.485 e. The largest absolute Gasteiger partial charge is 0.495 e. The lowest BCUT2D eigenvalue weighted by atomic mass is 10.3. The zero-order valence-electron chi connectivity index (χ0n) is 11.2. The molecule has 0 N–H and O–H groups in total. The molecule has 1 unspecified atom stereocenters. The number of hydrogen-bond donors (Lipinski definition) is 0. The van der Waals surface area contributed by atoms with Crippen molar-refractivity contribution < 1.29 is 41.0 Å². The molecule has 0 spiro atoms. The van der Waals surface area contributed by atoms with Gasteiger partial charge in [0.25, 0.3) is 0 Å². The molecule has 4 nitrogen and oxygen atoms in total. The highest BCUT2D eigenvalue weighted by atomic mass is 32.1. The monoisotopic (exact) mass is 348 g/mol. The topological polar surface area (TPSA) is 44.8 Å². The summed E-state index contributed by atoms with van der Waals surface area (Å²) in [5.41, 5.74) is 0. The Labute approximate surface area is 126 Å². The van der Waals surface area contributed by atoms with Crippen LogP contribution in [0.4, 0.5) is 26.7 Å². The molecule has 22 heavy (non-hydrogen) atoms. The maximum absolute atomic E-state index is 11.7. The van der Waals surface area contributed by atoms with Crippen molar-refractivity contribution in [2.75, 3.05) is 19.9 Å². The van der Waals surface area contributed by atoms with E-state index in [2.05, 4.69) is 4.74 Å². The normalized spacial score (nSPS) is 16.5. The Bertz CT molecular complexity index is 463. The van der Waals surface area contributed by atoms with Gasteiger partial charge in [0.05, 0.1) is 6.67 Å². The fourth-order valence-corrected chi connectivity index (χ4v) is 2.04. The number of carbonyl (C=O) groups excluding carboxylic acids is 1. The number of hydrogen-bond acceptors (Lipinski definition) is 5. The lowest BCUT2D eigenvalue weighted by molar-refractivity contribution is -0.136. The van der Waals surface area contributed by atoms with Gasteiger partial charge in [-0.05, 0) is 6.42 Å². The molecular formula is C12H13F5O4S. The fourth-order valence-electron chi connectivity index (χ4n) is 1.37. The maximum atomic E-state index is 11.7. The van der Waals surface area contributed by atoms with E-state index in [1.165, 1.54) is 11.3 Å². The lowest BCUT2D eigenvalue weighted by Gasteiger charge is -2.23. The number of rotatable bonds is 4. The van der Waals surface area contributed by atoms with Gasteiger partial charge in [-0.2, -0.15) is 13.2 Å². The molecule has 0 aromatic carbocycles. The van der Waals surface area contributed by atoms with E-state index >= 15 is 0 Å². The SMILES string of the molecule is FCCCC(F)(F)F.O=C(F)OCC1COc2cscc2O1. The van der Waals surface area contributed by atoms with Gasteiger partial charge in [-0.25, -0.2) is 4.79 Å². The Kier molecular flexibility index (Phi) is 7.36. The average Bonchev–Trinajstić information content (AvgIpc) is 2.90. The highest BCUT2D eigenvalue weighted by molar-refractivity contribution is 7.08. The van der Waals surface area contributed by atoms with Gasteiger partial charge in [-0.15, -0.1) is 15.7 Å². The number of alkyl halides is 4. The second-order valence-electron chi connectivity index (χ2n) is 4.11. The van der Waals surface area contributed by atoms with Crippen LogP contribution >= 0.6 is 11.3 Å². The molecular weight excluding hydrogens is 335 g/mol. The first-order valence-electron chi connectivity index (χ1n) is 6.12. The number of carbonyl (C=O) groups is 1. The van der Waals surface area contributed by atoms with Gasteiger partial charge in [-0.1, -0.05) is 0 Å². The third-order valence-corrected chi connectivity index (χ3v) is 2.99. The maximum Gasteiger partial charge on any atom is 0.495 e. The fraction of sp³-hybridized carbons (Fsp3) is 0.583. The van der Waals surface area contributed by atoms with Crippen molar-refractivity contribution in [1.29, 1.82) is 0 Å². The molecule has 0 bridgehead atoms. The van der Waals surface area contributed by atoms with E-state index in [4.69, 9.17) is 9.47 Å². The van der Waals surface area contributed by atoms with Crippen molar-refractivity contribution in [2.45, 2.75) is 25.1 Å². The number of ether oxygens (including phenoxy) is 3. The van der Waals surface area contributed by atoms with Crippen LogP contribution in [-0.2, 0) is 4.74 Å². The molecule has 1 aromatic rings. The molecule has 0 aliphatic carbocycles. The predicted octanol–water partition coefficient (Wildman–Crippen LogP) is 4.29. The molecule has 0 saturated carbocycles. The second-order valence-corrected chi connectivity index (χ2v) is 4.85. The third kappa shape index (κ3) is 7.43. The summed E-state index contributed by atoms with van der Waals surface area (Å²) in [4.78, 5) is 9.90. The van der Waals surface area contributed by atoms with E-state index in [9.17, 15) is 26.7 Å². The molecule has 10 heteroatoms. The zero-order chi connectivity index (χ0) is 16.6. The van der Waals surface area contributed by atoms with Gasteiger partial charge < -0.3 is 14.2 Å². The first kappa shape index (κ1) is 18.5. The summed E-state index contributed by atoms with van der Waals surface area (Å²) in [6.07, 6.45) is -7.85. The van der Waals surface area contributed by atoms with Crippen molar-refractivity contribution in [2.24, 2.45) is 0 Å². The zero-order valence-corrected chi connectivity index (χ0v) is 12.0. The third-order valence-electron chi connectivity index (χ3n) is 2.29. The summed E-state index contributed by atoms with van der Waals surface area (Å²) in [6.45, 7) is -0.763. The molecule has 1 atom stereocenters. The van der Waals surface area contributed by atoms with E-state index in [0.717, 1.165) is 0 Å². The van der Waals surface area contributed by atoms with Gasteiger partial charge in [0, 0.05) is 17.2 Å². The number of thiophene rings is 1. The van der Waals surface area contributed by atoms with Gasteiger partial charge in [0.15, 0.2) is 17.6 Å². The van der Waals surface area contributed by atoms with Crippen LogP contribution in [0.1, 0.15) is 12.8 Å². The van der Waals surface area contributed by atoms with E-state index in [-0.39, 0.29) is 13.2 Å². The van der Waals surface area contributed by atoms with Gasteiger partial charge >= 0.3 is 12.4 Å². The van der Waals surface area contributed by atoms with Crippen LogP contribution in [-0.4, -0.2) is 38.4 Å². The number of fused-ring (bicyclic) bond motifs is 1. The van der Waals surface area contributed by atoms with Gasteiger partial charge in [-0.3, -0.25) is 4.39 Å². The Hall–Kier alpha value is -1.58. The van der Waals surface area contributed by atoms with Crippen molar-refractivity contribution in [1.82, 2.24) is 0 Å². The van der Waals surface area contributed by atoms with E-state index in [1.54, 1.807) is 5.38 Å². The molecule has 0 saturated heterocycles. The lowest BCUT2D eigenvalue weighted by Crippen LogP contribution is -2.33. The molecule has 2 heterocycles. The van der Waals surface area contributed by atoms with E-state index < -0.39 is 38.0 Å². The van der Waals surface area contributed by atoms with Crippen LogP contribution in [0.15, 0.2) is 10.8 Å². The number of halogens is 5. The Balaban J connectivity index is 0.000000261. The molecule has 0 amide bonds. The van der Waals surface area contributed by atoms with Crippen LogP contribution < -0.4 is 9.47 Å². The Morgan fingerprint density at radius 2 is 2.05 bits per heavy atom. The minimum atomic E-state index is -4.19. The van der Waals surface area contributed by atoms with Gasteiger partial charge in [0.1, 0.15) is 13.2 Å². The van der Waals surface area contributed by atoms with Crippen molar-refractivity contribution in [3.8, 4) is 11.5 Å². The molecule has 1 aliphatic rings. The molecule has 1 aliphatic heterocycles. The quantitative estimate of drug-likeness (QED) is 0.601. The Morgan fingerprint density at radius 1 is 1.36 bits per heavy atom. The molecule has 126 valence electrons. The van der Waals surface area contributed by atoms with Crippen LogP contribution in [0.25, 0.3) is 0 Å². The summed E-state index contributed by atoms with van der Waals surface area (Å²) in [7, 11) is 0. The highest BCUT2D eigenvalue weighted by Gasteiger charge is 2.25. The van der Waals surface area contributed by atoms with Crippen LogP contribution in [0, 0.1) is 0 Å². The van der Waals surface area contributed by atoms with Crippen LogP contribution in [0.3, 0.4) is 0 Å². The summed E-state index contributed by atoms with van der Waals surface area (Å²) < 4.78 is 70.8. The summed E-state index contributed by atoms with van der Waals surface area (Å²) in [5.74, 6) is 1.29. The van der Waals surface area contributed by atoms with E-state index in [1.807, 2.05) is 5.38 Å². The first-order valence-corrected chi connectivity index (χ1v) is 7.06. The minimum Gasteiger partial charge on any atom is -0.485 e. The summed E-state index contributed by atoms with van der Waals surface area (Å²) in [6, 6.07) is 0. The van der Waals surface area contributed by atoms with Crippen molar-refractivity contribution in [3.63, 3.8) is 0 Å². The molecule has 2 rings (SSSR count). The Morgan fingerprint density at radius 3 is 2.59 bits per heavy atom. The standard InChI is InChI=1S/C8H7FO4S.C4H6F4/c9-8(10)12-2-5-1-11-6-3-14-4-7(6)13-5;5-3-1-2-4(6,7)8/h3-5H,1-2H2;1-3H2.